The number of nitriles is 1. The van der Waals surface area contributed by atoms with Gasteiger partial charge in [-0.15, -0.1) is 0 Å². The highest BCUT2D eigenvalue weighted by atomic mass is 14.9. The minimum Gasteiger partial charge on any atom is -0.242 e. The van der Waals surface area contributed by atoms with E-state index in [1.807, 2.05) is 26.0 Å². The van der Waals surface area contributed by atoms with Crippen LogP contribution in [0.2, 0.25) is 0 Å². The lowest BCUT2D eigenvalue weighted by Gasteiger charge is -2.05. The number of rotatable bonds is 3. The highest BCUT2D eigenvalue weighted by Crippen LogP contribution is 2.51. The average molecular weight is 307 g/mol. The third-order valence-corrected chi connectivity index (χ3v) is 4.31. The molecule has 2 unspecified atom stereocenters. The quantitative estimate of drug-likeness (QED) is 0.813. The van der Waals surface area contributed by atoms with Crippen LogP contribution in [-0.4, -0.2) is 9.97 Å². The summed E-state index contributed by atoms with van der Waals surface area (Å²) < 4.78 is 0. The first-order valence-corrected chi connectivity index (χ1v) is 8.32. The summed E-state index contributed by atoms with van der Waals surface area (Å²) in [7, 11) is 0. The van der Waals surface area contributed by atoms with Gasteiger partial charge in [0, 0.05) is 11.9 Å². The number of hydrogen-bond donors (Lipinski definition) is 0. The van der Waals surface area contributed by atoms with Crippen LogP contribution in [0.1, 0.15) is 60.3 Å². The van der Waals surface area contributed by atoms with Crippen LogP contribution in [0.5, 0.6) is 0 Å². The van der Waals surface area contributed by atoms with Gasteiger partial charge in [-0.2, -0.15) is 5.26 Å². The Morgan fingerprint density at radius 1 is 1.22 bits per heavy atom. The molecule has 2 aromatic rings. The maximum atomic E-state index is 8.87. The van der Waals surface area contributed by atoms with E-state index in [9.17, 15) is 0 Å². The van der Waals surface area contributed by atoms with Crippen molar-refractivity contribution in [2.75, 3.05) is 0 Å². The predicted molar refractivity (Wildman–Crippen MR) is 93.2 cm³/mol. The van der Waals surface area contributed by atoms with Gasteiger partial charge >= 0.3 is 0 Å². The van der Waals surface area contributed by atoms with Gasteiger partial charge in [-0.05, 0) is 68.4 Å². The average Bonchev–Trinajstić information content (AvgIpc) is 3.28. The van der Waals surface area contributed by atoms with E-state index < -0.39 is 0 Å². The Balaban J connectivity index is 0.000000203. The second-order valence-corrected chi connectivity index (χ2v) is 6.32. The molecule has 1 aromatic heterocycles. The summed E-state index contributed by atoms with van der Waals surface area (Å²) >= 11 is 0. The summed E-state index contributed by atoms with van der Waals surface area (Å²) in [4.78, 5) is 7.99. The zero-order valence-electron chi connectivity index (χ0n) is 14.5. The highest BCUT2D eigenvalue weighted by Gasteiger charge is 2.37. The van der Waals surface area contributed by atoms with Crippen molar-refractivity contribution in [2.45, 2.75) is 52.9 Å². The molecule has 1 fully saturated rings. The molecule has 1 aromatic carbocycles. The van der Waals surface area contributed by atoms with Crippen LogP contribution in [0, 0.1) is 38.0 Å². The maximum Gasteiger partial charge on any atom is 0.125 e. The minimum absolute atomic E-state index is 0.734. The van der Waals surface area contributed by atoms with Gasteiger partial charge in [-0.1, -0.05) is 25.8 Å². The van der Waals surface area contributed by atoms with E-state index in [4.69, 9.17) is 5.26 Å². The highest BCUT2D eigenvalue weighted by molar-refractivity contribution is 5.41. The van der Waals surface area contributed by atoms with Crippen LogP contribution in [-0.2, 0) is 0 Å². The Morgan fingerprint density at radius 3 is 2.57 bits per heavy atom. The molecule has 0 bridgehead atoms. The Hall–Kier alpha value is -2.21. The molecule has 120 valence electrons. The van der Waals surface area contributed by atoms with Gasteiger partial charge in [0.05, 0.1) is 11.6 Å². The minimum atomic E-state index is 0.734. The molecule has 1 aliphatic carbocycles. The molecular formula is C20H25N3. The van der Waals surface area contributed by atoms with Crippen LogP contribution in [0.15, 0.2) is 30.5 Å². The zero-order chi connectivity index (χ0) is 16.8. The van der Waals surface area contributed by atoms with Crippen molar-refractivity contribution in [3.8, 4) is 6.07 Å². The van der Waals surface area contributed by atoms with Crippen molar-refractivity contribution in [3.63, 3.8) is 0 Å². The van der Waals surface area contributed by atoms with Crippen molar-refractivity contribution in [1.29, 1.82) is 5.26 Å². The van der Waals surface area contributed by atoms with Crippen LogP contribution in [0.25, 0.3) is 0 Å². The normalized spacial score (nSPS) is 18.6. The molecule has 0 amide bonds. The van der Waals surface area contributed by atoms with Crippen molar-refractivity contribution in [2.24, 2.45) is 5.92 Å². The van der Waals surface area contributed by atoms with E-state index in [1.165, 1.54) is 30.4 Å². The van der Waals surface area contributed by atoms with E-state index in [0.29, 0.717) is 0 Å². The Kier molecular flexibility index (Phi) is 5.87. The van der Waals surface area contributed by atoms with E-state index in [1.54, 1.807) is 6.20 Å². The molecule has 3 nitrogen and oxygen atoms in total. The fourth-order valence-electron chi connectivity index (χ4n) is 3.00. The van der Waals surface area contributed by atoms with Crippen molar-refractivity contribution in [3.05, 3.63) is 58.7 Å². The second kappa shape index (κ2) is 7.87. The first kappa shape index (κ1) is 17.1. The van der Waals surface area contributed by atoms with E-state index >= 15 is 0 Å². The van der Waals surface area contributed by atoms with Crippen molar-refractivity contribution < 1.29 is 0 Å². The lowest BCUT2D eigenvalue weighted by molar-refractivity contribution is 0.686. The predicted octanol–water partition coefficient (Wildman–Crippen LogP) is 4.86. The third kappa shape index (κ3) is 4.89. The molecule has 0 N–H and O–H groups in total. The van der Waals surface area contributed by atoms with Gasteiger partial charge in [-0.3, -0.25) is 0 Å². The molecule has 1 saturated carbocycles. The fourth-order valence-corrected chi connectivity index (χ4v) is 3.00. The monoisotopic (exact) mass is 307 g/mol. The molecular weight excluding hydrogens is 282 g/mol. The molecule has 0 aliphatic heterocycles. The van der Waals surface area contributed by atoms with Crippen LogP contribution in [0.3, 0.4) is 0 Å². The second-order valence-electron chi connectivity index (χ2n) is 6.32. The van der Waals surface area contributed by atoms with E-state index in [-0.39, 0.29) is 0 Å². The molecule has 0 radical (unpaired) electrons. The van der Waals surface area contributed by atoms with Crippen molar-refractivity contribution in [1.82, 2.24) is 9.97 Å². The fraction of sp³-hybridized carbons (Fsp3) is 0.450. The Bertz CT molecular complexity index is 683. The molecule has 23 heavy (non-hydrogen) atoms. The topological polar surface area (TPSA) is 49.6 Å². The molecule has 3 rings (SSSR count). The first-order chi connectivity index (χ1) is 11.0. The molecule has 0 spiro atoms. The summed E-state index contributed by atoms with van der Waals surface area (Å²) in [6.45, 7) is 8.23. The standard InChI is InChI=1S/C14H17N.C6H8N2/c1-3-4-12-8-14(12)13-7-11(9-15)6-5-10(13)2;1-5-3-4-7-6(2)8-5/h5-7,12,14H,3-4,8H2,1-2H3;3-4H,1-2H3. The van der Waals surface area contributed by atoms with Gasteiger partial charge < -0.3 is 0 Å². The zero-order valence-corrected chi connectivity index (χ0v) is 14.5. The summed E-state index contributed by atoms with van der Waals surface area (Å²) in [6, 6.07) is 10.2. The van der Waals surface area contributed by atoms with Gasteiger partial charge in [0.15, 0.2) is 0 Å². The lowest BCUT2D eigenvalue weighted by atomic mass is 9.99. The maximum absolute atomic E-state index is 8.87. The lowest BCUT2D eigenvalue weighted by Crippen LogP contribution is -1.90. The number of hydrogen-bond acceptors (Lipinski definition) is 3. The Morgan fingerprint density at radius 2 is 2.00 bits per heavy atom. The molecule has 0 saturated heterocycles. The van der Waals surface area contributed by atoms with Gasteiger partial charge in [0.1, 0.15) is 5.82 Å². The Labute approximate surface area is 139 Å². The first-order valence-electron chi connectivity index (χ1n) is 8.32. The summed E-state index contributed by atoms with van der Waals surface area (Å²) in [6.07, 6.45) is 5.69. The van der Waals surface area contributed by atoms with Crippen LogP contribution >= 0.6 is 0 Å². The molecule has 1 aliphatic rings. The number of nitrogens with zero attached hydrogens (tertiary/aromatic N) is 3. The summed E-state index contributed by atoms with van der Waals surface area (Å²) in [5.74, 6) is 2.45. The van der Waals surface area contributed by atoms with Crippen molar-refractivity contribution >= 4 is 0 Å². The number of aromatic nitrogens is 2. The summed E-state index contributed by atoms with van der Waals surface area (Å²) in [5.41, 5.74) is 4.58. The van der Waals surface area contributed by atoms with Gasteiger partial charge in [0.2, 0.25) is 0 Å². The molecule has 1 heterocycles. The van der Waals surface area contributed by atoms with E-state index in [2.05, 4.69) is 42.0 Å². The summed E-state index contributed by atoms with van der Waals surface area (Å²) in [5, 5.41) is 8.87. The number of aryl methyl sites for hydroxylation is 3. The van der Waals surface area contributed by atoms with Crippen LogP contribution in [0.4, 0.5) is 0 Å². The van der Waals surface area contributed by atoms with Gasteiger partial charge in [-0.25, -0.2) is 9.97 Å². The smallest absolute Gasteiger partial charge is 0.125 e. The third-order valence-electron chi connectivity index (χ3n) is 4.31. The van der Waals surface area contributed by atoms with E-state index in [0.717, 1.165) is 28.9 Å². The van der Waals surface area contributed by atoms with Crippen LogP contribution < -0.4 is 0 Å². The molecule has 3 heteroatoms. The van der Waals surface area contributed by atoms with Gasteiger partial charge in [0.25, 0.3) is 0 Å². The molecule has 2 atom stereocenters. The number of benzene rings is 1. The SMILES string of the molecule is CCCC1CC1c1cc(C#N)ccc1C.Cc1ccnc(C)n1. The largest absolute Gasteiger partial charge is 0.242 e.